The number of anilines is 1. The zero-order chi connectivity index (χ0) is 17.3. The summed E-state index contributed by atoms with van der Waals surface area (Å²) >= 11 is 0. The van der Waals surface area contributed by atoms with Gasteiger partial charge in [0.2, 0.25) is 5.95 Å². The summed E-state index contributed by atoms with van der Waals surface area (Å²) in [4.78, 5) is 20.4. The molecule has 0 bridgehead atoms. The lowest BCUT2D eigenvalue weighted by atomic mass is 10.1. The van der Waals surface area contributed by atoms with Gasteiger partial charge in [0.1, 0.15) is 5.82 Å². The fourth-order valence-corrected chi connectivity index (χ4v) is 3.34. The number of fused-ring (bicyclic) bond motifs is 1. The second-order valence-corrected chi connectivity index (χ2v) is 7.37. The summed E-state index contributed by atoms with van der Waals surface area (Å²) in [5.41, 5.74) is 1.35. The Morgan fingerprint density at radius 1 is 1.25 bits per heavy atom. The number of rotatable bonds is 3. The van der Waals surface area contributed by atoms with Crippen LogP contribution in [0.25, 0.3) is 0 Å². The van der Waals surface area contributed by atoms with Crippen molar-refractivity contribution in [2.75, 3.05) is 18.1 Å². The topological polar surface area (TPSA) is 101 Å². The van der Waals surface area contributed by atoms with Crippen molar-refractivity contribution in [1.82, 2.24) is 15.3 Å². The molecule has 1 aliphatic heterocycles. The van der Waals surface area contributed by atoms with Crippen LogP contribution in [0.4, 0.5) is 10.3 Å². The molecule has 24 heavy (non-hydrogen) atoms. The second-order valence-electron chi connectivity index (χ2n) is 5.44. The monoisotopic (exact) mass is 350 g/mol. The lowest BCUT2D eigenvalue weighted by Crippen LogP contribution is -2.28. The SMILES string of the molecule is CS(=O)(=O)c1nc(NC(=O)c2ccc(F)cc2)nc2c1CNCC2. The Labute approximate surface area is 138 Å². The largest absolute Gasteiger partial charge is 0.312 e. The van der Waals surface area contributed by atoms with Gasteiger partial charge >= 0.3 is 0 Å². The highest BCUT2D eigenvalue weighted by atomic mass is 32.2. The maximum Gasteiger partial charge on any atom is 0.258 e. The van der Waals surface area contributed by atoms with Crippen LogP contribution in [0.1, 0.15) is 21.6 Å². The van der Waals surface area contributed by atoms with Gasteiger partial charge in [-0.3, -0.25) is 10.1 Å². The molecule has 1 aromatic carbocycles. The predicted molar refractivity (Wildman–Crippen MR) is 84.9 cm³/mol. The average Bonchev–Trinajstić information content (AvgIpc) is 2.53. The van der Waals surface area contributed by atoms with Gasteiger partial charge in [-0.25, -0.2) is 22.8 Å². The minimum absolute atomic E-state index is 0.0783. The first-order valence-electron chi connectivity index (χ1n) is 7.22. The van der Waals surface area contributed by atoms with E-state index < -0.39 is 21.6 Å². The lowest BCUT2D eigenvalue weighted by molar-refractivity contribution is 0.102. The van der Waals surface area contributed by atoms with E-state index in [9.17, 15) is 17.6 Å². The van der Waals surface area contributed by atoms with Gasteiger partial charge in [0.25, 0.3) is 5.91 Å². The molecule has 2 N–H and O–H groups in total. The van der Waals surface area contributed by atoms with Gasteiger partial charge in [0, 0.05) is 36.9 Å². The molecular weight excluding hydrogens is 335 g/mol. The first kappa shape index (κ1) is 16.5. The molecule has 1 aromatic heterocycles. The molecule has 126 valence electrons. The van der Waals surface area contributed by atoms with Crippen molar-refractivity contribution >= 4 is 21.7 Å². The van der Waals surface area contributed by atoms with E-state index in [0.717, 1.165) is 18.4 Å². The van der Waals surface area contributed by atoms with Crippen LogP contribution in [0.15, 0.2) is 29.3 Å². The van der Waals surface area contributed by atoms with Gasteiger partial charge in [-0.1, -0.05) is 0 Å². The Balaban J connectivity index is 1.96. The second kappa shape index (κ2) is 6.25. The first-order chi connectivity index (χ1) is 11.3. The van der Waals surface area contributed by atoms with E-state index in [-0.39, 0.29) is 16.5 Å². The molecule has 1 aliphatic rings. The quantitative estimate of drug-likeness (QED) is 0.798. The van der Waals surface area contributed by atoms with E-state index in [2.05, 4.69) is 20.6 Å². The molecule has 7 nitrogen and oxygen atoms in total. The minimum Gasteiger partial charge on any atom is -0.312 e. The molecule has 0 spiro atoms. The first-order valence-corrected chi connectivity index (χ1v) is 9.11. The third-order valence-corrected chi connectivity index (χ3v) is 4.62. The van der Waals surface area contributed by atoms with E-state index in [4.69, 9.17) is 0 Å². The molecular formula is C15H15FN4O3S. The number of nitrogens with one attached hydrogen (secondary N) is 2. The van der Waals surface area contributed by atoms with Crippen molar-refractivity contribution in [2.24, 2.45) is 0 Å². The van der Waals surface area contributed by atoms with Crippen LogP contribution in [-0.4, -0.2) is 37.1 Å². The molecule has 2 aromatic rings. The number of sulfone groups is 1. The molecule has 0 radical (unpaired) electrons. The Morgan fingerprint density at radius 3 is 2.62 bits per heavy atom. The number of carbonyl (C=O) groups is 1. The third-order valence-electron chi connectivity index (χ3n) is 3.58. The number of aromatic nitrogens is 2. The fraction of sp³-hybridized carbons (Fsp3) is 0.267. The predicted octanol–water partition coefficient (Wildman–Crippen LogP) is 0.917. The molecule has 0 atom stereocenters. The molecule has 0 saturated heterocycles. The highest BCUT2D eigenvalue weighted by Gasteiger charge is 2.24. The minimum atomic E-state index is -3.56. The Morgan fingerprint density at radius 2 is 1.96 bits per heavy atom. The Kier molecular flexibility index (Phi) is 4.29. The van der Waals surface area contributed by atoms with Crippen LogP contribution in [0, 0.1) is 5.82 Å². The molecule has 1 amide bonds. The number of nitrogens with zero attached hydrogens (tertiary/aromatic N) is 2. The van der Waals surface area contributed by atoms with Gasteiger partial charge < -0.3 is 5.32 Å². The van der Waals surface area contributed by atoms with Gasteiger partial charge in [0.15, 0.2) is 14.9 Å². The average molecular weight is 350 g/mol. The highest BCUT2D eigenvalue weighted by Crippen LogP contribution is 2.21. The number of benzene rings is 1. The number of carbonyl (C=O) groups excluding carboxylic acids is 1. The zero-order valence-electron chi connectivity index (χ0n) is 12.8. The van der Waals surface area contributed by atoms with Crippen LogP contribution in [-0.2, 0) is 22.8 Å². The highest BCUT2D eigenvalue weighted by molar-refractivity contribution is 7.90. The summed E-state index contributed by atoms with van der Waals surface area (Å²) < 4.78 is 36.9. The number of hydrogen-bond donors (Lipinski definition) is 2. The van der Waals surface area contributed by atoms with Crippen LogP contribution in [0.2, 0.25) is 0 Å². The van der Waals surface area contributed by atoms with Crippen LogP contribution in [0.3, 0.4) is 0 Å². The van der Waals surface area contributed by atoms with E-state index in [1.165, 1.54) is 12.1 Å². The normalized spacial score (nSPS) is 14.1. The lowest BCUT2D eigenvalue weighted by Gasteiger charge is -2.19. The summed E-state index contributed by atoms with van der Waals surface area (Å²) in [6, 6.07) is 4.97. The zero-order valence-corrected chi connectivity index (χ0v) is 13.7. The Hall–Kier alpha value is -2.39. The molecule has 2 heterocycles. The molecule has 0 unspecified atom stereocenters. The van der Waals surface area contributed by atoms with Crippen molar-refractivity contribution in [3.63, 3.8) is 0 Å². The number of hydrogen-bond acceptors (Lipinski definition) is 6. The van der Waals surface area contributed by atoms with Crippen molar-refractivity contribution < 1.29 is 17.6 Å². The maximum atomic E-state index is 12.9. The van der Waals surface area contributed by atoms with Crippen LogP contribution in [0.5, 0.6) is 0 Å². The van der Waals surface area contributed by atoms with E-state index in [1.54, 1.807) is 0 Å². The van der Waals surface area contributed by atoms with Gasteiger partial charge in [-0.05, 0) is 24.3 Å². The van der Waals surface area contributed by atoms with Gasteiger partial charge in [0.05, 0.1) is 5.69 Å². The third kappa shape index (κ3) is 3.41. The van der Waals surface area contributed by atoms with Gasteiger partial charge in [-0.15, -0.1) is 0 Å². The van der Waals surface area contributed by atoms with Crippen molar-refractivity contribution in [1.29, 1.82) is 0 Å². The number of halogens is 1. The van der Waals surface area contributed by atoms with E-state index in [0.29, 0.717) is 30.8 Å². The summed E-state index contributed by atoms with van der Waals surface area (Å²) in [6.45, 7) is 1.03. The molecule has 0 saturated carbocycles. The smallest absolute Gasteiger partial charge is 0.258 e. The molecule has 9 heteroatoms. The summed E-state index contributed by atoms with van der Waals surface area (Å²) in [5, 5.41) is 5.46. The molecule has 0 aliphatic carbocycles. The van der Waals surface area contributed by atoms with Crippen molar-refractivity contribution in [3.8, 4) is 0 Å². The van der Waals surface area contributed by atoms with Gasteiger partial charge in [-0.2, -0.15) is 0 Å². The molecule has 0 fully saturated rings. The molecule has 3 rings (SSSR count). The fourth-order valence-electron chi connectivity index (χ4n) is 2.45. The summed E-state index contributed by atoms with van der Waals surface area (Å²) in [6.07, 6.45) is 1.61. The van der Waals surface area contributed by atoms with E-state index >= 15 is 0 Å². The summed E-state index contributed by atoms with van der Waals surface area (Å²) in [5.74, 6) is -1.07. The number of amides is 1. The maximum absolute atomic E-state index is 12.9. The Bertz CT molecular complexity index is 898. The standard InChI is InChI=1S/C15H15FN4O3S/c1-24(22,23)14-11-8-17-7-6-12(11)18-15(20-14)19-13(21)9-2-4-10(16)5-3-9/h2-5,17H,6-8H2,1H3,(H,18,19,20,21). The van der Waals surface area contributed by atoms with Crippen LogP contribution >= 0.6 is 0 Å². The van der Waals surface area contributed by atoms with Crippen molar-refractivity contribution in [3.05, 3.63) is 46.9 Å². The van der Waals surface area contributed by atoms with E-state index in [1.807, 2.05) is 0 Å². The van der Waals surface area contributed by atoms with Crippen molar-refractivity contribution in [2.45, 2.75) is 18.0 Å². The summed E-state index contributed by atoms with van der Waals surface area (Å²) in [7, 11) is -3.56. The van der Waals surface area contributed by atoms with Crippen LogP contribution < -0.4 is 10.6 Å².